The van der Waals surface area contributed by atoms with Crippen molar-refractivity contribution in [3.05, 3.63) is 5.89 Å². The van der Waals surface area contributed by atoms with Crippen LogP contribution in [0.1, 0.15) is 63.1 Å². The summed E-state index contributed by atoms with van der Waals surface area (Å²) in [6, 6.07) is -0.634. The lowest BCUT2D eigenvalue weighted by Gasteiger charge is -2.39. The molecular weight excluding hydrogens is 392 g/mol. The monoisotopic (exact) mass is 426 g/mol. The molecule has 164 valence electrons. The molecule has 29 heavy (non-hydrogen) atoms. The standard InChI is InChI=1S/C20H34N4O4S/c1-20(2,27-5)13-16(24(14-25)15-9-7-6-8-10-15)17(26)18-21-22-19(28-18)29-12-11-23(3)4/h14-16H,6-13H2,1-5H3. The number of carbonyl (C=O) groups is 2. The lowest BCUT2D eigenvalue weighted by Crippen LogP contribution is -2.50. The first-order chi connectivity index (χ1) is 13.8. The van der Waals surface area contributed by atoms with Crippen molar-refractivity contribution in [2.75, 3.05) is 33.5 Å². The van der Waals surface area contributed by atoms with E-state index in [1.807, 2.05) is 27.9 Å². The van der Waals surface area contributed by atoms with Gasteiger partial charge in [-0.1, -0.05) is 31.0 Å². The highest BCUT2D eigenvalue weighted by Gasteiger charge is 2.38. The highest BCUT2D eigenvalue weighted by molar-refractivity contribution is 7.99. The Kier molecular flexibility index (Phi) is 9.10. The molecule has 0 spiro atoms. The van der Waals surface area contributed by atoms with Crippen LogP contribution in [-0.4, -0.2) is 83.4 Å². The largest absolute Gasteiger partial charge is 0.408 e. The van der Waals surface area contributed by atoms with Gasteiger partial charge in [0.1, 0.15) is 6.04 Å². The topological polar surface area (TPSA) is 88.8 Å². The van der Waals surface area contributed by atoms with Crippen LogP contribution in [0.25, 0.3) is 0 Å². The molecule has 1 aliphatic rings. The highest BCUT2D eigenvalue weighted by atomic mass is 32.2. The molecule has 8 nitrogen and oxygen atoms in total. The van der Waals surface area contributed by atoms with E-state index >= 15 is 0 Å². The van der Waals surface area contributed by atoms with Crippen molar-refractivity contribution in [1.29, 1.82) is 0 Å². The molecule has 0 aromatic carbocycles. The van der Waals surface area contributed by atoms with Crippen molar-refractivity contribution >= 4 is 24.0 Å². The van der Waals surface area contributed by atoms with E-state index < -0.39 is 11.6 Å². The van der Waals surface area contributed by atoms with E-state index in [9.17, 15) is 9.59 Å². The zero-order valence-electron chi connectivity index (χ0n) is 18.2. The number of ketones is 1. The van der Waals surface area contributed by atoms with Gasteiger partial charge in [-0.2, -0.15) is 0 Å². The molecule has 9 heteroatoms. The molecule has 1 amide bonds. The lowest BCUT2D eigenvalue weighted by molar-refractivity contribution is -0.124. The van der Waals surface area contributed by atoms with E-state index in [1.54, 1.807) is 12.0 Å². The van der Waals surface area contributed by atoms with Gasteiger partial charge in [0, 0.05) is 31.9 Å². The Balaban J connectivity index is 2.19. The predicted octanol–water partition coefficient (Wildman–Crippen LogP) is 2.88. The van der Waals surface area contributed by atoms with Crippen LogP contribution in [0.3, 0.4) is 0 Å². The third kappa shape index (κ3) is 7.08. The van der Waals surface area contributed by atoms with Gasteiger partial charge in [-0.3, -0.25) is 9.59 Å². The molecule has 0 bridgehead atoms. The van der Waals surface area contributed by atoms with Gasteiger partial charge < -0.3 is 19.0 Å². The van der Waals surface area contributed by atoms with Gasteiger partial charge in [0.25, 0.3) is 11.1 Å². The first kappa shape index (κ1) is 23.8. The smallest absolute Gasteiger partial charge is 0.286 e. The fourth-order valence-corrected chi connectivity index (χ4v) is 4.37. The van der Waals surface area contributed by atoms with Crippen molar-refractivity contribution in [3.63, 3.8) is 0 Å². The fourth-order valence-electron chi connectivity index (χ4n) is 3.50. The molecule has 0 saturated heterocycles. The van der Waals surface area contributed by atoms with E-state index in [-0.39, 0.29) is 17.7 Å². The lowest BCUT2D eigenvalue weighted by atomic mass is 9.89. The summed E-state index contributed by atoms with van der Waals surface area (Å²) >= 11 is 1.42. The second kappa shape index (κ2) is 11.1. The summed E-state index contributed by atoms with van der Waals surface area (Å²) in [5.74, 6) is 0.419. The molecule has 1 heterocycles. The second-order valence-electron chi connectivity index (χ2n) is 8.42. The minimum Gasteiger partial charge on any atom is -0.408 e. The summed E-state index contributed by atoms with van der Waals surface area (Å²) in [5, 5.41) is 8.34. The molecule has 0 aliphatic heterocycles. The van der Waals surface area contributed by atoms with Crippen LogP contribution in [0.5, 0.6) is 0 Å². The van der Waals surface area contributed by atoms with Crippen LogP contribution < -0.4 is 0 Å². The molecule has 1 unspecified atom stereocenters. The Morgan fingerprint density at radius 3 is 2.59 bits per heavy atom. The molecular formula is C20H34N4O4S. The first-order valence-corrected chi connectivity index (χ1v) is 11.2. The number of rotatable bonds is 12. The minimum atomic E-state index is -0.689. The van der Waals surface area contributed by atoms with E-state index in [1.165, 1.54) is 18.2 Å². The third-order valence-corrected chi connectivity index (χ3v) is 6.20. The summed E-state index contributed by atoms with van der Waals surface area (Å²) < 4.78 is 11.2. The molecule has 1 aromatic rings. The van der Waals surface area contributed by atoms with Crippen LogP contribution in [0.2, 0.25) is 0 Å². The van der Waals surface area contributed by atoms with Crippen molar-refractivity contribution in [3.8, 4) is 0 Å². The number of thioether (sulfide) groups is 1. The van der Waals surface area contributed by atoms with Gasteiger partial charge in [-0.25, -0.2) is 0 Å². The molecule has 0 radical (unpaired) electrons. The number of ether oxygens (including phenoxy) is 1. The molecule has 1 aromatic heterocycles. The molecule has 1 atom stereocenters. The molecule has 2 rings (SSSR count). The van der Waals surface area contributed by atoms with Gasteiger partial charge >= 0.3 is 0 Å². The van der Waals surface area contributed by atoms with Crippen LogP contribution in [0.4, 0.5) is 0 Å². The summed E-state index contributed by atoms with van der Waals surface area (Å²) in [7, 11) is 5.59. The van der Waals surface area contributed by atoms with E-state index in [2.05, 4.69) is 15.1 Å². The predicted molar refractivity (Wildman–Crippen MR) is 112 cm³/mol. The number of amides is 1. The number of nitrogens with zero attached hydrogens (tertiary/aromatic N) is 4. The van der Waals surface area contributed by atoms with Crippen molar-refractivity contribution in [1.82, 2.24) is 20.0 Å². The molecule has 0 N–H and O–H groups in total. The van der Waals surface area contributed by atoms with Crippen molar-refractivity contribution < 1.29 is 18.7 Å². The van der Waals surface area contributed by atoms with Crippen molar-refractivity contribution in [2.45, 2.75) is 75.3 Å². The van der Waals surface area contributed by atoms with Crippen LogP contribution in [0.15, 0.2) is 9.64 Å². The average molecular weight is 427 g/mol. The third-order valence-electron chi connectivity index (χ3n) is 5.40. The van der Waals surface area contributed by atoms with E-state index in [4.69, 9.17) is 9.15 Å². The maximum atomic E-state index is 13.3. The van der Waals surface area contributed by atoms with Gasteiger partial charge in [-0.05, 0) is 40.8 Å². The maximum absolute atomic E-state index is 13.3. The van der Waals surface area contributed by atoms with Gasteiger partial charge in [0.2, 0.25) is 12.2 Å². The Morgan fingerprint density at radius 2 is 2.00 bits per heavy atom. The number of Topliss-reactive ketones (excluding diaryl/α,β-unsaturated/α-hetero) is 1. The summed E-state index contributed by atoms with van der Waals surface area (Å²) in [5.41, 5.74) is -0.570. The summed E-state index contributed by atoms with van der Waals surface area (Å²) in [4.78, 5) is 29.0. The number of hydrogen-bond donors (Lipinski definition) is 0. The molecule has 1 saturated carbocycles. The Labute approximate surface area is 177 Å². The summed E-state index contributed by atoms with van der Waals surface area (Å²) in [6.45, 7) is 4.68. The summed E-state index contributed by atoms with van der Waals surface area (Å²) in [6.07, 6.45) is 6.28. The van der Waals surface area contributed by atoms with E-state index in [0.717, 1.165) is 44.4 Å². The first-order valence-electron chi connectivity index (χ1n) is 10.2. The SMILES string of the molecule is COC(C)(C)CC(C(=O)c1nnc(SCCN(C)C)o1)N(C=O)C1CCCCC1. The maximum Gasteiger partial charge on any atom is 0.286 e. The number of methoxy groups -OCH3 is 1. The van der Waals surface area contributed by atoms with Gasteiger partial charge in [0.15, 0.2) is 0 Å². The average Bonchev–Trinajstić information content (AvgIpc) is 3.16. The van der Waals surface area contributed by atoms with Crippen molar-refractivity contribution in [2.24, 2.45) is 0 Å². The quantitative estimate of drug-likeness (QED) is 0.286. The molecule has 1 aliphatic carbocycles. The normalized spacial score (nSPS) is 16.8. The van der Waals surface area contributed by atoms with Crippen LogP contribution in [-0.2, 0) is 9.53 Å². The van der Waals surface area contributed by atoms with Gasteiger partial charge in [0.05, 0.1) is 5.60 Å². The van der Waals surface area contributed by atoms with Crippen LogP contribution in [0, 0.1) is 0 Å². The Hall–Kier alpha value is -1.45. The zero-order valence-corrected chi connectivity index (χ0v) is 19.0. The highest BCUT2D eigenvalue weighted by Crippen LogP contribution is 2.29. The van der Waals surface area contributed by atoms with E-state index in [0.29, 0.717) is 11.6 Å². The minimum absolute atomic E-state index is 0.0445. The zero-order chi connectivity index (χ0) is 21.4. The van der Waals surface area contributed by atoms with Gasteiger partial charge in [-0.15, -0.1) is 10.2 Å². The number of aromatic nitrogens is 2. The van der Waals surface area contributed by atoms with Crippen LogP contribution >= 0.6 is 11.8 Å². The Morgan fingerprint density at radius 1 is 1.31 bits per heavy atom. The number of carbonyl (C=O) groups excluding carboxylic acids is 2. The second-order valence-corrected chi connectivity index (χ2v) is 9.46. The Bertz CT molecular complexity index is 659. The molecule has 1 fully saturated rings. The fraction of sp³-hybridized carbons (Fsp3) is 0.800. The number of hydrogen-bond acceptors (Lipinski definition) is 8.